The Hall–Kier alpha value is -0.120. The van der Waals surface area contributed by atoms with Gasteiger partial charge in [0.15, 0.2) is 0 Å². The Morgan fingerprint density at radius 2 is 2.07 bits per heavy atom. The zero-order valence-electron chi connectivity index (χ0n) is 9.42. The van der Waals surface area contributed by atoms with Crippen LogP contribution < -0.4 is 5.32 Å². The van der Waals surface area contributed by atoms with Gasteiger partial charge in [-0.25, -0.2) is 0 Å². The van der Waals surface area contributed by atoms with Crippen LogP contribution >= 0.6 is 0 Å². The van der Waals surface area contributed by atoms with E-state index in [2.05, 4.69) is 19.2 Å². The summed E-state index contributed by atoms with van der Waals surface area (Å²) in [6.45, 7) is 8.92. The SMILES string of the molecule is CC(C)OCCNCC1CCOCC1. The quantitative estimate of drug-likeness (QED) is 0.659. The second-order valence-corrected chi connectivity index (χ2v) is 4.18. The molecule has 0 unspecified atom stereocenters. The van der Waals surface area contributed by atoms with Gasteiger partial charge in [-0.2, -0.15) is 0 Å². The maximum Gasteiger partial charge on any atom is 0.0594 e. The summed E-state index contributed by atoms with van der Waals surface area (Å²) in [5.41, 5.74) is 0. The van der Waals surface area contributed by atoms with Crippen molar-refractivity contribution >= 4 is 0 Å². The molecule has 1 heterocycles. The van der Waals surface area contributed by atoms with Crippen LogP contribution in [-0.2, 0) is 9.47 Å². The highest BCUT2D eigenvalue weighted by Crippen LogP contribution is 2.12. The van der Waals surface area contributed by atoms with Gasteiger partial charge in [-0.3, -0.25) is 0 Å². The zero-order chi connectivity index (χ0) is 10.2. The van der Waals surface area contributed by atoms with Crippen molar-refractivity contribution < 1.29 is 9.47 Å². The fourth-order valence-electron chi connectivity index (χ4n) is 1.62. The Labute approximate surface area is 87.2 Å². The smallest absolute Gasteiger partial charge is 0.0594 e. The molecule has 3 nitrogen and oxygen atoms in total. The van der Waals surface area contributed by atoms with Gasteiger partial charge < -0.3 is 14.8 Å². The number of hydrogen-bond donors (Lipinski definition) is 1. The second-order valence-electron chi connectivity index (χ2n) is 4.18. The maximum atomic E-state index is 5.44. The summed E-state index contributed by atoms with van der Waals surface area (Å²) < 4.78 is 10.8. The van der Waals surface area contributed by atoms with Crippen LogP contribution in [0.25, 0.3) is 0 Å². The van der Waals surface area contributed by atoms with Crippen molar-refractivity contribution in [3.8, 4) is 0 Å². The van der Waals surface area contributed by atoms with Gasteiger partial charge in [0.05, 0.1) is 12.7 Å². The van der Waals surface area contributed by atoms with E-state index < -0.39 is 0 Å². The molecule has 0 amide bonds. The molecule has 0 aromatic heterocycles. The Morgan fingerprint density at radius 3 is 2.71 bits per heavy atom. The summed E-state index contributed by atoms with van der Waals surface area (Å²) in [6.07, 6.45) is 2.76. The van der Waals surface area contributed by atoms with E-state index in [1.807, 2.05) is 0 Å². The Kier molecular flexibility index (Phi) is 6.15. The molecular formula is C11H23NO2. The van der Waals surface area contributed by atoms with Gasteiger partial charge in [0.1, 0.15) is 0 Å². The number of rotatable bonds is 6. The highest BCUT2D eigenvalue weighted by molar-refractivity contribution is 4.65. The lowest BCUT2D eigenvalue weighted by Gasteiger charge is -2.22. The molecule has 0 aliphatic carbocycles. The average Bonchev–Trinajstić information content (AvgIpc) is 2.18. The molecule has 0 radical (unpaired) electrons. The number of hydrogen-bond acceptors (Lipinski definition) is 3. The first kappa shape index (κ1) is 12.0. The van der Waals surface area contributed by atoms with Crippen molar-refractivity contribution in [3.05, 3.63) is 0 Å². The third-order valence-corrected chi connectivity index (χ3v) is 2.50. The average molecular weight is 201 g/mol. The van der Waals surface area contributed by atoms with E-state index >= 15 is 0 Å². The Balaban J connectivity index is 1.87. The molecule has 1 N–H and O–H groups in total. The predicted molar refractivity (Wildman–Crippen MR) is 57.5 cm³/mol. The lowest BCUT2D eigenvalue weighted by Crippen LogP contribution is -2.30. The summed E-state index contributed by atoms with van der Waals surface area (Å²) in [4.78, 5) is 0. The van der Waals surface area contributed by atoms with Gasteiger partial charge in [-0.05, 0) is 39.2 Å². The minimum absolute atomic E-state index is 0.347. The van der Waals surface area contributed by atoms with Gasteiger partial charge in [0.2, 0.25) is 0 Å². The standard InChI is InChI=1S/C11H23NO2/c1-10(2)14-8-5-12-9-11-3-6-13-7-4-11/h10-12H,3-9H2,1-2H3. The lowest BCUT2D eigenvalue weighted by atomic mass is 10.0. The second kappa shape index (κ2) is 7.21. The molecule has 1 saturated heterocycles. The molecule has 3 heteroatoms. The molecule has 0 saturated carbocycles. The van der Waals surface area contributed by atoms with E-state index in [0.29, 0.717) is 6.10 Å². The first-order chi connectivity index (χ1) is 6.79. The summed E-state index contributed by atoms with van der Waals surface area (Å²) in [5, 5.41) is 3.43. The highest BCUT2D eigenvalue weighted by atomic mass is 16.5. The maximum absolute atomic E-state index is 5.44. The highest BCUT2D eigenvalue weighted by Gasteiger charge is 2.12. The number of ether oxygens (including phenoxy) is 2. The molecule has 1 aliphatic heterocycles. The van der Waals surface area contributed by atoms with Crippen LogP contribution in [0.2, 0.25) is 0 Å². The van der Waals surface area contributed by atoms with Crippen molar-refractivity contribution in [2.75, 3.05) is 32.9 Å². The first-order valence-electron chi connectivity index (χ1n) is 5.69. The van der Waals surface area contributed by atoms with E-state index in [9.17, 15) is 0 Å². The molecule has 1 aliphatic rings. The molecule has 1 fully saturated rings. The zero-order valence-corrected chi connectivity index (χ0v) is 9.42. The first-order valence-corrected chi connectivity index (χ1v) is 5.69. The topological polar surface area (TPSA) is 30.5 Å². The van der Waals surface area contributed by atoms with E-state index in [4.69, 9.17) is 9.47 Å². The fourth-order valence-corrected chi connectivity index (χ4v) is 1.62. The molecular weight excluding hydrogens is 178 g/mol. The summed E-state index contributed by atoms with van der Waals surface area (Å²) in [6, 6.07) is 0. The normalized spacial score (nSPS) is 19.1. The van der Waals surface area contributed by atoms with Gasteiger partial charge in [-0.15, -0.1) is 0 Å². The van der Waals surface area contributed by atoms with Gasteiger partial charge in [0, 0.05) is 19.8 Å². The van der Waals surface area contributed by atoms with Crippen molar-refractivity contribution in [2.24, 2.45) is 5.92 Å². The monoisotopic (exact) mass is 201 g/mol. The van der Waals surface area contributed by atoms with Crippen molar-refractivity contribution in [1.29, 1.82) is 0 Å². The van der Waals surface area contributed by atoms with Crippen molar-refractivity contribution in [1.82, 2.24) is 5.32 Å². The molecule has 1 rings (SSSR count). The van der Waals surface area contributed by atoms with Crippen LogP contribution in [0.4, 0.5) is 0 Å². The summed E-state index contributed by atoms with van der Waals surface area (Å²) in [5.74, 6) is 0.808. The van der Waals surface area contributed by atoms with E-state index in [-0.39, 0.29) is 0 Å². The number of nitrogens with one attached hydrogen (secondary N) is 1. The largest absolute Gasteiger partial charge is 0.381 e. The minimum Gasteiger partial charge on any atom is -0.381 e. The van der Waals surface area contributed by atoms with E-state index in [0.717, 1.165) is 38.8 Å². The molecule has 0 bridgehead atoms. The Bertz CT molecular complexity index is 133. The molecule has 0 atom stereocenters. The van der Waals surface area contributed by atoms with Gasteiger partial charge in [-0.1, -0.05) is 0 Å². The summed E-state index contributed by atoms with van der Waals surface area (Å²) in [7, 11) is 0. The van der Waals surface area contributed by atoms with Crippen LogP contribution in [0, 0.1) is 5.92 Å². The van der Waals surface area contributed by atoms with E-state index in [1.54, 1.807) is 0 Å². The molecule has 0 spiro atoms. The van der Waals surface area contributed by atoms with E-state index in [1.165, 1.54) is 12.8 Å². The lowest BCUT2D eigenvalue weighted by molar-refractivity contribution is 0.0617. The fraction of sp³-hybridized carbons (Fsp3) is 1.00. The van der Waals surface area contributed by atoms with Crippen LogP contribution in [0.3, 0.4) is 0 Å². The third-order valence-electron chi connectivity index (χ3n) is 2.50. The molecule has 84 valence electrons. The third kappa shape index (κ3) is 5.58. The van der Waals surface area contributed by atoms with Crippen LogP contribution in [-0.4, -0.2) is 39.0 Å². The predicted octanol–water partition coefficient (Wildman–Crippen LogP) is 1.43. The minimum atomic E-state index is 0.347. The molecule has 14 heavy (non-hydrogen) atoms. The van der Waals surface area contributed by atoms with Crippen molar-refractivity contribution in [3.63, 3.8) is 0 Å². The summed E-state index contributed by atoms with van der Waals surface area (Å²) >= 11 is 0. The van der Waals surface area contributed by atoms with Gasteiger partial charge >= 0.3 is 0 Å². The molecule has 0 aromatic carbocycles. The van der Waals surface area contributed by atoms with Crippen LogP contribution in [0.1, 0.15) is 26.7 Å². The van der Waals surface area contributed by atoms with Crippen LogP contribution in [0.5, 0.6) is 0 Å². The Morgan fingerprint density at radius 1 is 1.36 bits per heavy atom. The molecule has 0 aromatic rings. The van der Waals surface area contributed by atoms with Gasteiger partial charge in [0.25, 0.3) is 0 Å². The van der Waals surface area contributed by atoms with Crippen molar-refractivity contribution in [2.45, 2.75) is 32.8 Å². The van der Waals surface area contributed by atoms with Crippen LogP contribution in [0.15, 0.2) is 0 Å².